The molecule has 0 spiro atoms. The summed E-state index contributed by atoms with van der Waals surface area (Å²) < 4.78 is 21.5. The lowest BCUT2D eigenvalue weighted by Gasteiger charge is -2.37. The third kappa shape index (κ3) is 6.16. The molecule has 0 N–H and O–H groups in total. The van der Waals surface area contributed by atoms with Gasteiger partial charge >= 0.3 is 5.97 Å². The Kier molecular flexibility index (Phi) is 8.21. The Hall–Kier alpha value is -2.45. The van der Waals surface area contributed by atoms with Gasteiger partial charge in [-0.1, -0.05) is 24.3 Å². The first-order chi connectivity index (χ1) is 16.5. The van der Waals surface area contributed by atoms with Gasteiger partial charge in [0.15, 0.2) is 5.78 Å². The molecular weight excluding hydrogens is 453 g/mol. The Labute approximate surface area is 205 Å². The number of hydrogen-bond acceptors (Lipinski definition) is 6. The summed E-state index contributed by atoms with van der Waals surface area (Å²) in [4.78, 5) is 26.9. The Morgan fingerprint density at radius 3 is 2.82 bits per heavy atom. The van der Waals surface area contributed by atoms with Gasteiger partial charge in [0.1, 0.15) is 5.82 Å². The maximum atomic E-state index is 14.7. The van der Waals surface area contributed by atoms with E-state index in [4.69, 9.17) is 17.4 Å². The number of allylic oxidation sites excluding steroid dienone is 1. The Morgan fingerprint density at radius 2 is 2.09 bits per heavy atom. The SMILES string of the molecule is CCOC(=O)CCc1cnn(CC=C2CN(C(C(=O)C3CC3)c3ccccc3F)CCC2S)c1. The first kappa shape index (κ1) is 24.7. The number of ether oxygens (including phenoxy) is 1. The second-order valence-corrected chi connectivity index (χ2v) is 9.65. The van der Waals surface area contributed by atoms with Crippen LogP contribution in [-0.4, -0.2) is 51.4 Å². The van der Waals surface area contributed by atoms with E-state index in [1.54, 1.807) is 31.3 Å². The quantitative estimate of drug-likeness (QED) is 0.311. The van der Waals surface area contributed by atoms with Crippen LogP contribution in [0.25, 0.3) is 0 Å². The number of carbonyl (C=O) groups is 2. The second kappa shape index (κ2) is 11.3. The number of piperidine rings is 1. The molecule has 1 saturated heterocycles. The molecule has 4 rings (SSSR count). The Bertz CT molecular complexity index is 1050. The summed E-state index contributed by atoms with van der Waals surface area (Å²) in [6.45, 7) is 4.02. The minimum Gasteiger partial charge on any atom is -0.466 e. The molecule has 2 aromatic rings. The fourth-order valence-electron chi connectivity index (χ4n) is 4.46. The van der Waals surface area contributed by atoms with Crippen LogP contribution in [-0.2, 0) is 27.3 Å². The number of halogens is 1. The van der Waals surface area contributed by atoms with Crippen LogP contribution in [0.1, 0.15) is 49.8 Å². The van der Waals surface area contributed by atoms with Crippen molar-refractivity contribution in [2.45, 2.75) is 56.9 Å². The fourth-order valence-corrected chi connectivity index (χ4v) is 4.76. The maximum Gasteiger partial charge on any atom is 0.306 e. The van der Waals surface area contributed by atoms with Crippen LogP contribution >= 0.6 is 12.6 Å². The van der Waals surface area contributed by atoms with Gasteiger partial charge in [-0.05, 0) is 49.8 Å². The van der Waals surface area contributed by atoms with Gasteiger partial charge in [-0.3, -0.25) is 19.2 Å². The summed E-state index contributed by atoms with van der Waals surface area (Å²) in [5, 5.41) is 4.49. The molecule has 2 heterocycles. The zero-order valence-corrected chi connectivity index (χ0v) is 20.4. The predicted molar refractivity (Wildman–Crippen MR) is 131 cm³/mol. The van der Waals surface area contributed by atoms with E-state index < -0.39 is 6.04 Å². The molecule has 34 heavy (non-hydrogen) atoms. The van der Waals surface area contributed by atoms with Gasteiger partial charge in [0.05, 0.1) is 25.4 Å². The van der Waals surface area contributed by atoms with Crippen molar-refractivity contribution in [3.63, 3.8) is 0 Å². The molecule has 0 radical (unpaired) electrons. The van der Waals surface area contributed by atoms with Crippen LogP contribution in [0.4, 0.5) is 4.39 Å². The van der Waals surface area contributed by atoms with E-state index >= 15 is 0 Å². The van der Waals surface area contributed by atoms with Gasteiger partial charge in [0, 0.05) is 42.4 Å². The summed E-state index contributed by atoms with van der Waals surface area (Å²) in [6.07, 6.45) is 9.32. The first-order valence-electron chi connectivity index (χ1n) is 12.0. The predicted octanol–water partition coefficient (Wildman–Crippen LogP) is 4.17. The zero-order chi connectivity index (χ0) is 24.1. The topological polar surface area (TPSA) is 64.4 Å². The van der Waals surface area contributed by atoms with Crippen LogP contribution in [0.2, 0.25) is 0 Å². The molecule has 1 aliphatic carbocycles. The van der Waals surface area contributed by atoms with Crippen molar-refractivity contribution in [2.75, 3.05) is 19.7 Å². The number of benzene rings is 1. The van der Waals surface area contributed by atoms with Crippen molar-refractivity contribution in [1.82, 2.24) is 14.7 Å². The fraction of sp³-hybridized carbons (Fsp3) is 0.500. The van der Waals surface area contributed by atoms with Crippen LogP contribution in [0.5, 0.6) is 0 Å². The normalized spacial score (nSPS) is 20.9. The Balaban J connectivity index is 1.44. The second-order valence-electron chi connectivity index (χ2n) is 9.03. The number of esters is 1. The molecule has 1 saturated carbocycles. The number of nitrogens with zero attached hydrogens (tertiary/aromatic N) is 3. The monoisotopic (exact) mass is 485 g/mol. The maximum absolute atomic E-state index is 14.7. The largest absolute Gasteiger partial charge is 0.466 e. The molecule has 1 aliphatic heterocycles. The standard InChI is InChI=1S/C26H32FN3O3S/c1-2-33-24(31)10-7-18-15-28-30(16-18)14-11-20-17-29(13-12-23(20)34)25(26(32)19-8-9-19)21-5-3-4-6-22(21)27/h3-6,11,15-16,19,23,25,34H,2,7-10,12-14,17H2,1H3. The van der Waals surface area contributed by atoms with E-state index in [0.29, 0.717) is 44.6 Å². The molecule has 6 nitrogen and oxygen atoms in total. The number of thiol groups is 1. The van der Waals surface area contributed by atoms with Gasteiger partial charge in [-0.2, -0.15) is 17.7 Å². The number of Topliss-reactive ketones (excluding diaryl/α,β-unsaturated/α-hetero) is 1. The number of rotatable bonds is 10. The minimum atomic E-state index is -0.558. The van der Waals surface area contributed by atoms with Crippen molar-refractivity contribution in [3.05, 3.63) is 65.3 Å². The van der Waals surface area contributed by atoms with E-state index in [2.05, 4.69) is 16.1 Å². The molecule has 0 bridgehead atoms. The van der Waals surface area contributed by atoms with Crippen molar-refractivity contribution >= 4 is 24.4 Å². The summed E-state index contributed by atoms with van der Waals surface area (Å²) >= 11 is 4.77. The lowest BCUT2D eigenvalue weighted by molar-refractivity contribution is -0.143. The van der Waals surface area contributed by atoms with Gasteiger partial charge in [0.25, 0.3) is 0 Å². The highest BCUT2D eigenvalue weighted by molar-refractivity contribution is 7.81. The van der Waals surface area contributed by atoms with Crippen LogP contribution in [0.15, 0.2) is 48.3 Å². The Morgan fingerprint density at radius 1 is 1.29 bits per heavy atom. The number of hydrogen-bond donors (Lipinski definition) is 1. The molecule has 0 amide bonds. The molecule has 2 aliphatic rings. The average Bonchev–Trinajstić information content (AvgIpc) is 3.58. The van der Waals surface area contributed by atoms with Crippen molar-refractivity contribution in [3.8, 4) is 0 Å². The molecule has 1 aromatic heterocycles. The van der Waals surface area contributed by atoms with E-state index in [1.807, 2.05) is 10.9 Å². The van der Waals surface area contributed by atoms with E-state index in [-0.39, 0.29) is 28.7 Å². The zero-order valence-electron chi connectivity index (χ0n) is 19.5. The molecule has 2 unspecified atom stereocenters. The summed E-state index contributed by atoms with van der Waals surface area (Å²) in [5.74, 6) is -0.363. The van der Waals surface area contributed by atoms with E-state index in [9.17, 15) is 14.0 Å². The highest BCUT2D eigenvalue weighted by atomic mass is 32.1. The highest BCUT2D eigenvalue weighted by Crippen LogP contribution is 2.39. The minimum absolute atomic E-state index is 0.0443. The van der Waals surface area contributed by atoms with Gasteiger partial charge in [-0.15, -0.1) is 0 Å². The number of aryl methyl sites for hydroxylation is 1. The smallest absolute Gasteiger partial charge is 0.306 e. The lowest BCUT2D eigenvalue weighted by atomic mass is 9.93. The summed E-state index contributed by atoms with van der Waals surface area (Å²) in [6, 6.07) is 6.07. The lowest BCUT2D eigenvalue weighted by Crippen LogP contribution is -2.42. The third-order valence-electron chi connectivity index (χ3n) is 6.47. The van der Waals surface area contributed by atoms with E-state index in [1.165, 1.54) is 6.07 Å². The van der Waals surface area contributed by atoms with Gasteiger partial charge < -0.3 is 4.74 Å². The van der Waals surface area contributed by atoms with Crippen molar-refractivity contribution in [1.29, 1.82) is 0 Å². The van der Waals surface area contributed by atoms with Gasteiger partial charge in [-0.25, -0.2) is 4.39 Å². The average molecular weight is 486 g/mol. The number of ketones is 1. The molecule has 182 valence electrons. The third-order valence-corrected chi connectivity index (χ3v) is 7.06. The summed E-state index contributed by atoms with van der Waals surface area (Å²) in [5.41, 5.74) is 2.56. The van der Waals surface area contributed by atoms with Crippen molar-refractivity contribution in [2.24, 2.45) is 5.92 Å². The first-order valence-corrected chi connectivity index (χ1v) is 12.5. The molecule has 2 fully saturated rings. The number of carbonyl (C=O) groups excluding carboxylic acids is 2. The van der Waals surface area contributed by atoms with E-state index in [0.717, 1.165) is 30.4 Å². The van der Waals surface area contributed by atoms with Gasteiger partial charge in [0.2, 0.25) is 0 Å². The molecule has 8 heteroatoms. The highest BCUT2D eigenvalue weighted by Gasteiger charge is 2.40. The number of likely N-dealkylation sites (tertiary alicyclic amines) is 1. The van der Waals surface area contributed by atoms with Crippen LogP contribution in [0, 0.1) is 11.7 Å². The summed E-state index contributed by atoms with van der Waals surface area (Å²) in [7, 11) is 0. The van der Waals surface area contributed by atoms with Crippen molar-refractivity contribution < 1.29 is 18.7 Å². The molecular formula is C26H32FN3O3S. The molecule has 1 aromatic carbocycles. The van der Waals surface area contributed by atoms with Crippen LogP contribution < -0.4 is 0 Å². The number of aromatic nitrogens is 2. The van der Waals surface area contributed by atoms with Crippen LogP contribution in [0.3, 0.4) is 0 Å². The molecule has 2 atom stereocenters.